The van der Waals surface area contributed by atoms with Crippen molar-refractivity contribution in [3.05, 3.63) is 65.7 Å². The van der Waals surface area contributed by atoms with Crippen molar-refractivity contribution in [2.45, 2.75) is 38.8 Å². The minimum absolute atomic E-state index is 0.109. The summed E-state index contributed by atoms with van der Waals surface area (Å²) in [6.07, 6.45) is 1.14. The van der Waals surface area contributed by atoms with Gasteiger partial charge in [0.1, 0.15) is 0 Å². The maximum absolute atomic E-state index is 11.8. The lowest BCUT2D eigenvalue weighted by Crippen LogP contribution is -2.39. The highest BCUT2D eigenvalue weighted by Crippen LogP contribution is 2.26. The summed E-state index contributed by atoms with van der Waals surface area (Å²) in [5, 5.41) is 9.12. The fourth-order valence-electron chi connectivity index (χ4n) is 3.60. The van der Waals surface area contributed by atoms with Gasteiger partial charge in [-0.25, -0.2) is 4.79 Å². The molecule has 29 heavy (non-hydrogen) atoms. The predicted molar refractivity (Wildman–Crippen MR) is 119 cm³/mol. The number of guanidine groups is 1. The van der Waals surface area contributed by atoms with E-state index in [4.69, 9.17) is 0 Å². The van der Waals surface area contributed by atoms with Crippen LogP contribution in [0.2, 0.25) is 0 Å². The molecule has 0 spiro atoms. The zero-order valence-electron chi connectivity index (χ0n) is 17.5. The van der Waals surface area contributed by atoms with Gasteiger partial charge in [0.25, 0.3) is 0 Å². The molecule has 0 aliphatic carbocycles. The van der Waals surface area contributed by atoms with Gasteiger partial charge in [0.2, 0.25) is 0 Å². The van der Waals surface area contributed by atoms with E-state index in [9.17, 15) is 4.79 Å². The molecular weight excluding hydrogens is 362 g/mol. The molecule has 6 nitrogen and oxygen atoms in total. The molecule has 0 bridgehead atoms. The highest BCUT2D eigenvalue weighted by Gasteiger charge is 2.25. The molecule has 1 unspecified atom stereocenters. The number of rotatable bonds is 5. The van der Waals surface area contributed by atoms with Crippen molar-refractivity contribution in [1.29, 1.82) is 0 Å². The second-order valence-electron chi connectivity index (χ2n) is 7.69. The third kappa shape index (κ3) is 5.98. The van der Waals surface area contributed by atoms with Crippen molar-refractivity contribution in [3.63, 3.8) is 0 Å². The van der Waals surface area contributed by atoms with Crippen molar-refractivity contribution in [3.8, 4) is 0 Å². The van der Waals surface area contributed by atoms with Crippen LogP contribution in [0.1, 0.15) is 37.3 Å². The van der Waals surface area contributed by atoms with E-state index in [0.717, 1.165) is 36.7 Å². The molecule has 0 radical (unpaired) electrons. The molecule has 1 aliphatic rings. The SMILES string of the molecule is CN=C(NCc1ccc(NC(=O)NC(C)C)cc1)N1CCC(c2ccccc2)C1. The molecule has 1 aliphatic heterocycles. The number of hydrogen-bond acceptors (Lipinski definition) is 2. The molecule has 3 N–H and O–H groups in total. The standard InChI is InChI=1S/C23H31N5O/c1-17(2)26-23(29)27-21-11-9-18(10-12-21)15-25-22(24-3)28-14-13-20(16-28)19-7-5-4-6-8-19/h4-12,17,20H,13-16H2,1-3H3,(H,24,25)(H2,26,27,29). The van der Waals surface area contributed by atoms with Crippen LogP contribution in [0.4, 0.5) is 10.5 Å². The van der Waals surface area contributed by atoms with E-state index in [-0.39, 0.29) is 12.1 Å². The summed E-state index contributed by atoms with van der Waals surface area (Å²) in [4.78, 5) is 18.6. The molecule has 2 amide bonds. The number of urea groups is 1. The van der Waals surface area contributed by atoms with Crippen LogP contribution in [0.5, 0.6) is 0 Å². The number of nitrogens with one attached hydrogen (secondary N) is 3. The average Bonchev–Trinajstić information content (AvgIpc) is 3.20. The maximum atomic E-state index is 11.8. The van der Waals surface area contributed by atoms with E-state index >= 15 is 0 Å². The Morgan fingerprint density at radius 3 is 2.52 bits per heavy atom. The second kappa shape index (κ2) is 9.96. The Labute approximate surface area is 173 Å². The molecule has 1 atom stereocenters. The Hall–Kier alpha value is -3.02. The van der Waals surface area contributed by atoms with Crippen LogP contribution in [0.15, 0.2) is 59.6 Å². The van der Waals surface area contributed by atoms with E-state index in [2.05, 4.69) is 56.2 Å². The van der Waals surface area contributed by atoms with Crippen LogP contribution in [0.3, 0.4) is 0 Å². The number of anilines is 1. The highest BCUT2D eigenvalue weighted by atomic mass is 16.2. The Bertz CT molecular complexity index is 817. The number of amides is 2. The van der Waals surface area contributed by atoms with Crippen LogP contribution >= 0.6 is 0 Å². The minimum Gasteiger partial charge on any atom is -0.352 e. The third-order valence-electron chi connectivity index (χ3n) is 5.05. The smallest absolute Gasteiger partial charge is 0.319 e. The minimum atomic E-state index is -0.187. The van der Waals surface area contributed by atoms with Crippen molar-refractivity contribution < 1.29 is 4.79 Å². The summed E-state index contributed by atoms with van der Waals surface area (Å²) < 4.78 is 0. The zero-order chi connectivity index (χ0) is 20.6. The second-order valence-corrected chi connectivity index (χ2v) is 7.69. The first-order valence-electron chi connectivity index (χ1n) is 10.2. The molecule has 3 rings (SSSR count). The summed E-state index contributed by atoms with van der Waals surface area (Å²) in [7, 11) is 1.83. The van der Waals surface area contributed by atoms with Gasteiger partial charge in [-0.15, -0.1) is 0 Å². The van der Waals surface area contributed by atoms with Gasteiger partial charge in [-0.3, -0.25) is 4.99 Å². The maximum Gasteiger partial charge on any atom is 0.319 e. The summed E-state index contributed by atoms with van der Waals surface area (Å²) in [6, 6.07) is 18.5. The van der Waals surface area contributed by atoms with Crippen molar-refractivity contribution in [2.75, 3.05) is 25.5 Å². The van der Waals surface area contributed by atoms with Gasteiger partial charge < -0.3 is 20.9 Å². The van der Waals surface area contributed by atoms with E-state index in [1.165, 1.54) is 5.56 Å². The first-order chi connectivity index (χ1) is 14.0. The Morgan fingerprint density at radius 2 is 1.86 bits per heavy atom. The topological polar surface area (TPSA) is 68.8 Å². The molecule has 2 aromatic carbocycles. The van der Waals surface area contributed by atoms with Gasteiger partial charge in [0, 0.05) is 44.3 Å². The van der Waals surface area contributed by atoms with Crippen LogP contribution < -0.4 is 16.0 Å². The number of likely N-dealkylation sites (tertiary alicyclic amines) is 1. The largest absolute Gasteiger partial charge is 0.352 e. The van der Waals surface area contributed by atoms with Crippen molar-refractivity contribution in [2.24, 2.45) is 4.99 Å². The monoisotopic (exact) mass is 393 g/mol. The molecule has 2 aromatic rings. The summed E-state index contributed by atoms with van der Waals surface area (Å²) in [5.74, 6) is 1.49. The van der Waals surface area contributed by atoms with E-state index in [1.807, 2.05) is 45.2 Å². The summed E-state index contributed by atoms with van der Waals surface area (Å²) in [5.41, 5.74) is 3.32. The fourth-order valence-corrected chi connectivity index (χ4v) is 3.60. The van der Waals surface area contributed by atoms with Gasteiger partial charge in [-0.05, 0) is 43.5 Å². The summed E-state index contributed by atoms with van der Waals surface area (Å²) >= 11 is 0. The van der Waals surface area contributed by atoms with Crippen LogP contribution in [0.25, 0.3) is 0 Å². The number of aliphatic imine (C=N–C) groups is 1. The number of benzene rings is 2. The van der Waals surface area contributed by atoms with Gasteiger partial charge in [-0.1, -0.05) is 42.5 Å². The Morgan fingerprint density at radius 1 is 1.14 bits per heavy atom. The molecule has 154 valence electrons. The Kier molecular flexibility index (Phi) is 7.11. The van der Waals surface area contributed by atoms with Gasteiger partial charge >= 0.3 is 6.03 Å². The van der Waals surface area contributed by atoms with Gasteiger partial charge in [-0.2, -0.15) is 0 Å². The third-order valence-corrected chi connectivity index (χ3v) is 5.05. The van der Waals surface area contributed by atoms with Crippen LogP contribution in [-0.4, -0.2) is 43.1 Å². The fraction of sp³-hybridized carbons (Fsp3) is 0.391. The molecule has 1 saturated heterocycles. The molecule has 0 saturated carbocycles. The quantitative estimate of drug-likeness (QED) is 0.535. The van der Waals surface area contributed by atoms with E-state index in [0.29, 0.717) is 12.5 Å². The van der Waals surface area contributed by atoms with Crippen LogP contribution in [0, 0.1) is 0 Å². The Balaban J connectivity index is 1.50. The van der Waals surface area contributed by atoms with Gasteiger partial charge in [0.15, 0.2) is 5.96 Å². The lowest BCUT2D eigenvalue weighted by Gasteiger charge is -2.22. The van der Waals surface area contributed by atoms with Crippen molar-refractivity contribution in [1.82, 2.24) is 15.5 Å². The summed E-state index contributed by atoms with van der Waals surface area (Å²) in [6.45, 7) is 6.55. The average molecular weight is 394 g/mol. The molecule has 1 heterocycles. The lowest BCUT2D eigenvalue weighted by atomic mass is 9.99. The molecule has 1 fully saturated rings. The zero-order valence-corrected chi connectivity index (χ0v) is 17.5. The molecular formula is C23H31N5O. The predicted octanol–water partition coefficient (Wildman–Crippen LogP) is 3.78. The number of carbonyl (C=O) groups excluding carboxylic acids is 1. The number of hydrogen-bond donors (Lipinski definition) is 3. The van der Waals surface area contributed by atoms with Gasteiger partial charge in [0.05, 0.1) is 0 Å². The van der Waals surface area contributed by atoms with Crippen molar-refractivity contribution >= 4 is 17.7 Å². The van der Waals surface area contributed by atoms with Crippen LogP contribution in [-0.2, 0) is 6.54 Å². The number of carbonyl (C=O) groups is 1. The van der Waals surface area contributed by atoms with E-state index in [1.54, 1.807) is 0 Å². The highest BCUT2D eigenvalue weighted by molar-refractivity contribution is 5.89. The first-order valence-corrected chi connectivity index (χ1v) is 10.2. The lowest BCUT2D eigenvalue weighted by molar-refractivity contribution is 0.250. The first kappa shape index (κ1) is 20.7. The van der Waals surface area contributed by atoms with E-state index < -0.39 is 0 Å². The molecule has 6 heteroatoms. The molecule has 0 aromatic heterocycles. The number of nitrogens with zero attached hydrogens (tertiary/aromatic N) is 2. The normalized spacial score (nSPS) is 16.8.